The number of imidazole rings is 1. The van der Waals surface area contributed by atoms with E-state index in [9.17, 15) is 4.79 Å². The van der Waals surface area contributed by atoms with Gasteiger partial charge in [-0.2, -0.15) is 0 Å². The van der Waals surface area contributed by atoms with E-state index in [4.69, 9.17) is 14.5 Å². The highest BCUT2D eigenvalue weighted by atomic mass is 16.5. The van der Waals surface area contributed by atoms with Gasteiger partial charge in [-0.05, 0) is 80.0 Å². The largest absolute Gasteiger partial charge is 0.453 e. The third kappa shape index (κ3) is 4.42. The summed E-state index contributed by atoms with van der Waals surface area (Å²) in [6.07, 6.45) is 2.86. The van der Waals surface area contributed by atoms with E-state index >= 15 is 0 Å². The fourth-order valence-electron chi connectivity index (χ4n) is 5.86. The lowest BCUT2D eigenvalue weighted by molar-refractivity contribution is -0.00928. The highest BCUT2D eigenvalue weighted by Gasteiger charge is 2.34. The Morgan fingerprint density at radius 1 is 1.12 bits per heavy atom. The van der Waals surface area contributed by atoms with E-state index in [1.807, 2.05) is 13.2 Å². The van der Waals surface area contributed by atoms with Gasteiger partial charge in [0.15, 0.2) is 0 Å². The molecular weight excluding hydrogens is 428 g/mol. The average molecular weight is 463 g/mol. The van der Waals surface area contributed by atoms with Gasteiger partial charge in [-0.3, -0.25) is 5.32 Å². The number of benzene rings is 2. The summed E-state index contributed by atoms with van der Waals surface area (Å²) in [7, 11) is 3.22. The Labute approximate surface area is 201 Å². The second kappa shape index (κ2) is 9.39. The molecule has 1 saturated heterocycles. The highest BCUT2D eigenvalue weighted by molar-refractivity contribution is 5.84. The number of aromatic nitrogens is 2. The number of ether oxygens (including phenoxy) is 2. The molecule has 7 heteroatoms. The monoisotopic (exact) mass is 462 g/mol. The van der Waals surface area contributed by atoms with Crippen LogP contribution in [0.3, 0.4) is 0 Å². The van der Waals surface area contributed by atoms with Crippen LogP contribution in [0.15, 0.2) is 36.4 Å². The van der Waals surface area contributed by atoms with E-state index < -0.39 is 6.09 Å². The number of fused-ring (bicyclic) bond motifs is 2. The van der Waals surface area contributed by atoms with Gasteiger partial charge in [0, 0.05) is 32.4 Å². The molecule has 7 nitrogen and oxygen atoms in total. The minimum Gasteiger partial charge on any atom is -0.453 e. The smallest absolute Gasteiger partial charge is 0.411 e. The van der Waals surface area contributed by atoms with Crippen molar-refractivity contribution in [3.63, 3.8) is 0 Å². The van der Waals surface area contributed by atoms with Crippen molar-refractivity contribution in [3.05, 3.63) is 58.9 Å². The summed E-state index contributed by atoms with van der Waals surface area (Å²) in [5, 5.41) is 2.77. The molecule has 0 radical (unpaired) electrons. The molecule has 1 aliphatic heterocycles. The van der Waals surface area contributed by atoms with Gasteiger partial charge in [-0.1, -0.05) is 12.1 Å². The summed E-state index contributed by atoms with van der Waals surface area (Å²) in [6.45, 7) is 7.25. The number of hydrogen-bond donors (Lipinski definition) is 1. The Morgan fingerprint density at radius 2 is 1.94 bits per heavy atom. The summed E-state index contributed by atoms with van der Waals surface area (Å²) in [6, 6.07) is 13.0. The Morgan fingerprint density at radius 3 is 2.74 bits per heavy atom. The Bertz CT molecular complexity index is 1200. The lowest BCUT2D eigenvalue weighted by Gasteiger charge is -2.40. The molecule has 0 bridgehead atoms. The number of aryl methyl sites for hydroxylation is 2. The number of anilines is 1. The molecule has 2 aliphatic rings. The molecule has 0 saturated carbocycles. The summed E-state index contributed by atoms with van der Waals surface area (Å²) in [5.41, 5.74) is 7.01. The normalized spacial score (nSPS) is 22.6. The fourth-order valence-corrected chi connectivity index (χ4v) is 5.86. The van der Waals surface area contributed by atoms with E-state index in [0.717, 1.165) is 55.9 Å². The van der Waals surface area contributed by atoms with Crippen LogP contribution in [0.2, 0.25) is 0 Å². The zero-order chi connectivity index (χ0) is 23.8. The van der Waals surface area contributed by atoms with Crippen molar-refractivity contribution in [2.24, 2.45) is 5.92 Å². The van der Waals surface area contributed by atoms with Crippen molar-refractivity contribution in [1.29, 1.82) is 0 Å². The van der Waals surface area contributed by atoms with Crippen LogP contribution in [0.4, 0.5) is 10.5 Å². The standard InChI is InChI=1S/C27H34N4O3/c1-17-5-8-24-23(11-17)28-18(2)31(24)25-9-10-30(16-26(25)33-3)15-19-12-20-6-7-22(14-21(20)13-19)29-27(32)34-4/h5-8,11,14,19,25-26H,9-10,12-13,15-16H2,1-4H3,(H,29,32)/t19-,25+,26+/m0/s1. The molecule has 2 heterocycles. The molecule has 1 aliphatic carbocycles. The summed E-state index contributed by atoms with van der Waals surface area (Å²) in [5.74, 6) is 1.64. The third-order valence-electron chi connectivity index (χ3n) is 7.44. The van der Waals surface area contributed by atoms with Crippen LogP contribution in [0.1, 0.15) is 35.0 Å². The van der Waals surface area contributed by atoms with Gasteiger partial charge in [-0.25, -0.2) is 9.78 Å². The van der Waals surface area contributed by atoms with Gasteiger partial charge < -0.3 is 18.9 Å². The summed E-state index contributed by atoms with van der Waals surface area (Å²) < 4.78 is 13.1. The molecule has 1 fully saturated rings. The van der Waals surface area contributed by atoms with Crippen molar-refractivity contribution < 1.29 is 14.3 Å². The first kappa shape index (κ1) is 22.9. The second-order valence-corrected chi connectivity index (χ2v) is 9.79. The topological polar surface area (TPSA) is 68.6 Å². The van der Waals surface area contributed by atoms with Crippen LogP contribution < -0.4 is 5.32 Å². The maximum absolute atomic E-state index is 11.5. The molecule has 3 aromatic rings. The quantitative estimate of drug-likeness (QED) is 0.604. The zero-order valence-corrected chi connectivity index (χ0v) is 20.5. The second-order valence-electron chi connectivity index (χ2n) is 9.79. The predicted molar refractivity (Wildman–Crippen MR) is 133 cm³/mol. The maximum atomic E-state index is 11.5. The number of nitrogens with one attached hydrogen (secondary N) is 1. The Kier molecular flexibility index (Phi) is 6.32. The van der Waals surface area contributed by atoms with E-state index in [1.165, 1.54) is 29.3 Å². The summed E-state index contributed by atoms with van der Waals surface area (Å²) >= 11 is 0. The van der Waals surface area contributed by atoms with Crippen molar-refractivity contribution in [2.75, 3.05) is 39.2 Å². The number of carbonyl (C=O) groups excluding carboxylic acids is 1. The van der Waals surface area contributed by atoms with Crippen LogP contribution in [0, 0.1) is 19.8 Å². The highest BCUT2D eigenvalue weighted by Crippen LogP contribution is 2.34. The van der Waals surface area contributed by atoms with Gasteiger partial charge in [0.05, 0.1) is 30.3 Å². The number of amides is 1. The van der Waals surface area contributed by atoms with Gasteiger partial charge in [0.25, 0.3) is 0 Å². The minimum atomic E-state index is -0.431. The average Bonchev–Trinajstić information content (AvgIpc) is 3.37. The molecule has 0 unspecified atom stereocenters. The van der Waals surface area contributed by atoms with E-state index in [1.54, 1.807) is 0 Å². The molecule has 1 amide bonds. The van der Waals surface area contributed by atoms with Crippen LogP contribution in [-0.4, -0.2) is 60.5 Å². The zero-order valence-electron chi connectivity index (χ0n) is 20.5. The number of hydrogen-bond acceptors (Lipinski definition) is 5. The van der Waals surface area contributed by atoms with Crippen molar-refractivity contribution in [3.8, 4) is 0 Å². The number of rotatable bonds is 5. The first-order valence-corrected chi connectivity index (χ1v) is 12.1. The maximum Gasteiger partial charge on any atom is 0.411 e. The number of nitrogens with zero attached hydrogens (tertiary/aromatic N) is 3. The van der Waals surface area contributed by atoms with Gasteiger partial charge in [0.2, 0.25) is 0 Å². The first-order chi connectivity index (χ1) is 16.4. The molecule has 5 rings (SSSR count). The van der Waals surface area contributed by atoms with Gasteiger partial charge in [-0.15, -0.1) is 0 Å². The van der Waals surface area contributed by atoms with E-state index in [-0.39, 0.29) is 6.10 Å². The molecular formula is C27H34N4O3. The molecule has 0 spiro atoms. The van der Waals surface area contributed by atoms with Crippen molar-refractivity contribution >= 4 is 22.8 Å². The molecule has 3 atom stereocenters. The Balaban J connectivity index is 1.25. The number of methoxy groups -OCH3 is 2. The third-order valence-corrected chi connectivity index (χ3v) is 7.44. The predicted octanol–water partition coefficient (Wildman–Crippen LogP) is 4.51. The van der Waals surface area contributed by atoms with Gasteiger partial charge >= 0.3 is 6.09 Å². The molecule has 1 aromatic heterocycles. The van der Waals surface area contributed by atoms with Crippen LogP contribution >= 0.6 is 0 Å². The van der Waals surface area contributed by atoms with Gasteiger partial charge in [0.1, 0.15) is 5.82 Å². The van der Waals surface area contributed by atoms with Crippen molar-refractivity contribution in [1.82, 2.24) is 14.5 Å². The lowest BCUT2D eigenvalue weighted by Crippen LogP contribution is -2.47. The number of piperidine rings is 1. The number of carbonyl (C=O) groups is 1. The van der Waals surface area contributed by atoms with E-state index in [0.29, 0.717) is 12.0 Å². The molecule has 1 N–H and O–H groups in total. The molecule has 180 valence electrons. The lowest BCUT2D eigenvalue weighted by atomic mass is 9.98. The van der Waals surface area contributed by atoms with Crippen LogP contribution in [-0.2, 0) is 22.3 Å². The summed E-state index contributed by atoms with van der Waals surface area (Å²) in [4.78, 5) is 18.9. The molecule has 2 aromatic carbocycles. The fraction of sp³-hybridized carbons (Fsp3) is 0.481. The first-order valence-electron chi connectivity index (χ1n) is 12.1. The van der Waals surface area contributed by atoms with Crippen molar-refractivity contribution in [2.45, 2.75) is 45.3 Å². The molecule has 34 heavy (non-hydrogen) atoms. The van der Waals surface area contributed by atoms with Crippen LogP contribution in [0.5, 0.6) is 0 Å². The number of likely N-dealkylation sites (tertiary alicyclic amines) is 1. The SMILES string of the molecule is COC(=O)Nc1ccc2c(c1)C[C@@H](CN1CC[C@@H](n3c(C)nc4cc(C)ccc43)[C@H](OC)C1)C2. The minimum absolute atomic E-state index is 0.130. The Hall–Kier alpha value is -2.90. The van der Waals surface area contributed by atoms with Crippen LogP contribution in [0.25, 0.3) is 11.0 Å². The van der Waals surface area contributed by atoms with E-state index in [2.05, 4.69) is 59.0 Å².